The first-order valence-electron chi connectivity index (χ1n) is 15.4. The molecular formula is C33H44N6O4. The third-order valence-electron chi connectivity index (χ3n) is 8.99. The minimum Gasteiger partial charge on any atom is -0.465 e. The maximum absolute atomic E-state index is 13.5. The largest absolute Gasteiger partial charge is 0.465 e. The highest BCUT2D eigenvalue weighted by molar-refractivity contribution is 6.07. The summed E-state index contributed by atoms with van der Waals surface area (Å²) >= 11 is 0. The lowest BCUT2D eigenvalue weighted by molar-refractivity contribution is 0.0710. The number of rotatable bonds is 10. The molecule has 10 nitrogen and oxygen atoms in total. The Kier molecular flexibility index (Phi) is 10.1. The number of carboxylic acid groups (broad SMARTS) is 1. The maximum atomic E-state index is 13.5. The predicted octanol–water partition coefficient (Wildman–Crippen LogP) is 4.60. The Morgan fingerprint density at radius 1 is 1.07 bits per heavy atom. The zero-order valence-electron chi connectivity index (χ0n) is 25.5. The number of anilines is 1. The Hall–Kier alpha value is -3.76. The van der Waals surface area contributed by atoms with Crippen LogP contribution in [0.4, 0.5) is 10.6 Å². The number of nitrogens with zero attached hydrogens (tertiary/aromatic N) is 5. The first kappa shape index (κ1) is 30.7. The first-order chi connectivity index (χ1) is 20.8. The minimum atomic E-state index is -0.898. The van der Waals surface area contributed by atoms with E-state index in [1.54, 1.807) is 7.11 Å². The van der Waals surface area contributed by atoms with Gasteiger partial charge in [-0.3, -0.25) is 4.79 Å². The van der Waals surface area contributed by atoms with Crippen LogP contribution in [0.25, 0.3) is 22.2 Å². The number of pyridine rings is 2. The van der Waals surface area contributed by atoms with Crippen molar-refractivity contribution in [1.82, 2.24) is 25.1 Å². The molecule has 1 atom stereocenters. The molecule has 2 amide bonds. The summed E-state index contributed by atoms with van der Waals surface area (Å²) in [5, 5.41) is 13.7. The van der Waals surface area contributed by atoms with E-state index in [1.807, 2.05) is 55.6 Å². The fraction of sp³-hybridized carbons (Fsp3) is 0.515. The average Bonchev–Trinajstić information content (AvgIpc) is 3.03. The van der Waals surface area contributed by atoms with Gasteiger partial charge >= 0.3 is 6.09 Å². The molecule has 2 fully saturated rings. The summed E-state index contributed by atoms with van der Waals surface area (Å²) in [6.07, 6.45) is 4.78. The number of benzene rings is 1. The van der Waals surface area contributed by atoms with Gasteiger partial charge in [0.15, 0.2) is 0 Å². The lowest BCUT2D eigenvalue weighted by atomic mass is 9.81. The van der Waals surface area contributed by atoms with E-state index in [9.17, 15) is 14.7 Å². The van der Waals surface area contributed by atoms with Crippen molar-refractivity contribution in [3.8, 4) is 11.3 Å². The van der Waals surface area contributed by atoms with E-state index >= 15 is 0 Å². The van der Waals surface area contributed by atoms with Gasteiger partial charge in [0, 0.05) is 63.5 Å². The normalized spacial score (nSPS) is 20.1. The lowest BCUT2D eigenvalue weighted by Gasteiger charge is -2.34. The van der Waals surface area contributed by atoms with Gasteiger partial charge in [0.05, 0.1) is 29.4 Å². The van der Waals surface area contributed by atoms with E-state index in [2.05, 4.69) is 22.2 Å². The van der Waals surface area contributed by atoms with Crippen LogP contribution in [0.15, 0.2) is 48.7 Å². The van der Waals surface area contributed by atoms with Crippen molar-refractivity contribution in [2.45, 2.75) is 38.6 Å². The molecule has 0 radical (unpaired) electrons. The van der Waals surface area contributed by atoms with Crippen molar-refractivity contribution in [3.63, 3.8) is 0 Å². The van der Waals surface area contributed by atoms with Crippen LogP contribution in [0.5, 0.6) is 0 Å². The molecule has 1 saturated carbocycles. The number of ether oxygens (including phenoxy) is 1. The summed E-state index contributed by atoms with van der Waals surface area (Å²) < 4.78 is 5.17. The highest BCUT2D eigenvalue weighted by Gasteiger charge is 2.28. The van der Waals surface area contributed by atoms with Gasteiger partial charge in [-0.25, -0.2) is 14.8 Å². The number of nitrogens with one attached hydrogen (secondary N) is 1. The second-order valence-corrected chi connectivity index (χ2v) is 12.1. The average molecular weight is 589 g/mol. The topological polar surface area (TPSA) is 111 Å². The Bertz CT molecular complexity index is 1380. The molecule has 10 heteroatoms. The maximum Gasteiger partial charge on any atom is 0.407 e. The molecule has 0 unspecified atom stereocenters. The summed E-state index contributed by atoms with van der Waals surface area (Å²) in [6.45, 7) is 7.34. The molecule has 1 saturated heterocycles. The SMILES string of the molecule is COC[C@H](C)N(CC1CCC(CNC(=O)c2cc(-c3ccc(N4CCN(C)CC4)nc3)nc3ccccc23)CC1)C(=O)O. The zero-order valence-corrected chi connectivity index (χ0v) is 25.5. The van der Waals surface area contributed by atoms with Gasteiger partial charge < -0.3 is 29.9 Å². The van der Waals surface area contributed by atoms with Crippen molar-refractivity contribution < 1.29 is 19.4 Å². The van der Waals surface area contributed by atoms with Crippen LogP contribution in [0, 0.1) is 11.8 Å². The molecule has 0 spiro atoms. The fourth-order valence-corrected chi connectivity index (χ4v) is 6.28. The van der Waals surface area contributed by atoms with Gasteiger partial charge in [0.1, 0.15) is 5.82 Å². The Morgan fingerprint density at radius 3 is 2.47 bits per heavy atom. The fourth-order valence-electron chi connectivity index (χ4n) is 6.28. The van der Waals surface area contributed by atoms with Gasteiger partial charge in [0.2, 0.25) is 0 Å². The number of carbonyl (C=O) groups excluding carboxylic acids is 1. The summed E-state index contributed by atoms with van der Waals surface area (Å²) in [7, 11) is 3.73. The molecule has 3 aromatic rings. The first-order valence-corrected chi connectivity index (χ1v) is 15.4. The molecule has 1 aliphatic heterocycles. The van der Waals surface area contributed by atoms with Crippen LogP contribution in [0.2, 0.25) is 0 Å². The molecule has 43 heavy (non-hydrogen) atoms. The minimum absolute atomic E-state index is 0.102. The van der Waals surface area contributed by atoms with Crippen LogP contribution in [0.3, 0.4) is 0 Å². The summed E-state index contributed by atoms with van der Waals surface area (Å²) in [5.41, 5.74) is 3.00. The summed E-state index contributed by atoms with van der Waals surface area (Å²) in [4.78, 5) is 41.0. The second kappa shape index (κ2) is 14.1. The van der Waals surface area contributed by atoms with E-state index in [4.69, 9.17) is 14.7 Å². The number of carbonyl (C=O) groups is 2. The number of hydrogen-bond acceptors (Lipinski definition) is 7. The molecule has 2 N–H and O–H groups in total. The lowest BCUT2D eigenvalue weighted by Crippen LogP contribution is -2.44. The number of amides is 2. The summed E-state index contributed by atoms with van der Waals surface area (Å²) in [6, 6.07) is 13.5. The van der Waals surface area contributed by atoms with Crippen molar-refractivity contribution in [3.05, 3.63) is 54.2 Å². The van der Waals surface area contributed by atoms with Gasteiger partial charge in [-0.05, 0) is 75.8 Å². The van der Waals surface area contributed by atoms with Crippen LogP contribution in [0.1, 0.15) is 43.0 Å². The quantitative estimate of drug-likeness (QED) is 0.354. The van der Waals surface area contributed by atoms with Crippen LogP contribution in [-0.2, 0) is 4.74 Å². The third-order valence-corrected chi connectivity index (χ3v) is 8.99. The molecule has 1 aromatic carbocycles. The molecule has 2 aromatic heterocycles. The van der Waals surface area contributed by atoms with E-state index in [0.29, 0.717) is 37.1 Å². The third kappa shape index (κ3) is 7.61. The number of hydrogen-bond donors (Lipinski definition) is 2. The summed E-state index contributed by atoms with van der Waals surface area (Å²) in [5.74, 6) is 1.55. The highest BCUT2D eigenvalue weighted by Crippen LogP contribution is 2.30. The second-order valence-electron chi connectivity index (χ2n) is 12.1. The van der Waals surface area contributed by atoms with E-state index < -0.39 is 6.09 Å². The van der Waals surface area contributed by atoms with Crippen molar-refractivity contribution in [1.29, 1.82) is 0 Å². The van der Waals surface area contributed by atoms with Crippen molar-refractivity contribution in [2.75, 3.05) is 64.9 Å². The predicted molar refractivity (Wildman–Crippen MR) is 169 cm³/mol. The molecule has 5 rings (SSSR count). The van der Waals surface area contributed by atoms with E-state index in [-0.39, 0.29) is 11.9 Å². The molecule has 2 aliphatic rings. The van der Waals surface area contributed by atoms with Crippen LogP contribution in [-0.4, -0.2) is 103 Å². The number of methoxy groups -OCH3 is 1. The Balaban J connectivity index is 1.22. The number of para-hydroxylation sites is 1. The number of aromatic nitrogens is 2. The zero-order chi connectivity index (χ0) is 30.3. The molecule has 0 bridgehead atoms. The standard InChI is InChI=1S/C33H44N6O4/c1-23(22-43-3)39(33(41)42)21-25-10-8-24(9-11-25)19-35-32(40)28-18-30(36-29-7-5-4-6-27(28)29)26-12-13-31(34-20-26)38-16-14-37(2)15-17-38/h4-7,12-13,18,20,23-25H,8-11,14-17,19,21-22H2,1-3H3,(H,35,40)(H,41,42)/t23-,24?,25?/m0/s1. The Labute approximate surface area is 254 Å². The van der Waals surface area contributed by atoms with E-state index in [1.165, 1.54) is 4.90 Å². The molecular weight excluding hydrogens is 544 g/mol. The number of fused-ring (bicyclic) bond motifs is 1. The van der Waals surface area contributed by atoms with Gasteiger partial charge in [-0.15, -0.1) is 0 Å². The van der Waals surface area contributed by atoms with Gasteiger partial charge in [-0.2, -0.15) is 0 Å². The monoisotopic (exact) mass is 588 g/mol. The van der Waals surface area contributed by atoms with E-state index in [0.717, 1.165) is 79.8 Å². The Morgan fingerprint density at radius 2 is 1.79 bits per heavy atom. The highest BCUT2D eigenvalue weighted by atomic mass is 16.5. The number of piperazine rings is 1. The molecule has 3 heterocycles. The van der Waals surface area contributed by atoms with Gasteiger partial charge in [-0.1, -0.05) is 18.2 Å². The molecule has 1 aliphatic carbocycles. The van der Waals surface area contributed by atoms with Gasteiger partial charge in [0.25, 0.3) is 5.91 Å². The van der Waals surface area contributed by atoms with Crippen molar-refractivity contribution >= 4 is 28.7 Å². The van der Waals surface area contributed by atoms with Crippen LogP contribution < -0.4 is 10.2 Å². The smallest absolute Gasteiger partial charge is 0.407 e. The van der Waals surface area contributed by atoms with Crippen LogP contribution >= 0.6 is 0 Å². The molecule has 230 valence electrons. The van der Waals surface area contributed by atoms with Crippen molar-refractivity contribution in [2.24, 2.45) is 11.8 Å². The number of likely N-dealkylation sites (N-methyl/N-ethyl adjacent to an activating group) is 1.